The molecule has 2 rings (SSSR count). The molecule has 2 aromatic rings. The van der Waals surface area contributed by atoms with Crippen molar-refractivity contribution in [2.45, 2.75) is 32.6 Å². The zero-order valence-electron chi connectivity index (χ0n) is 12.5. The van der Waals surface area contributed by atoms with E-state index in [1.54, 1.807) is 0 Å². The summed E-state index contributed by atoms with van der Waals surface area (Å²) >= 11 is 0. The molecule has 0 saturated carbocycles. The fourth-order valence-corrected chi connectivity index (χ4v) is 2.06. The minimum Gasteiger partial charge on any atom is -0.491 e. The smallest absolute Gasteiger partial charge is 0.142 e. The number of para-hydroxylation sites is 2. The third kappa shape index (κ3) is 3.77. The SMILES string of the molecule is CC(C)(C)c1ccc(CCOc2ccccc2N)cc1. The summed E-state index contributed by atoms with van der Waals surface area (Å²) in [7, 11) is 0. The number of hydrogen-bond acceptors (Lipinski definition) is 2. The van der Waals surface area contributed by atoms with Crippen LogP contribution in [-0.2, 0) is 11.8 Å². The third-order valence-electron chi connectivity index (χ3n) is 3.39. The molecule has 2 aromatic carbocycles. The van der Waals surface area contributed by atoms with Crippen LogP contribution in [0.4, 0.5) is 5.69 Å². The summed E-state index contributed by atoms with van der Waals surface area (Å²) in [5.41, 5.74) is 9.38. The molecule has 0 atom stereocenters. The van der Waals surface area contributed by atoms with Crippen molar-refractivity contribution in [1.29, 1.82) is 0 Å². The largest absolute Gasteiger partial charge is 0.491 e. The predicted molar refractivity (Wildman–Crippen MR) is 85.2 cm³/mol. The van der Waals surface area contributed by atoms with Crippen molar-refractivity contribution < 1.29 is 4.74 Å². The van der Waals surface area contributed by atoms with Gasteiger partial charge in [-0.1, -0.05) is 57.2 Å². The number of benzene rings is 2. The minimum absolute atomic E-state index is 0.202. The van der Waals surface area contributed by atoms with Gasteiger partial charge in [0.15, 0.2) is 0 Å². The molecule has 0 amide bonds. The summed E-state index contributed by atoms with van der Waals surface area (Å²) in [4.78, 5) is 0. The third-order valence-corrected chi connectivity index (χ3v) is 3.39. The highest BCUT2D eigenvalue weighted by atomic mass is 16.5. The van der Waals surface area contributed by atoms with Gasteiger partial charge in [0.1, 0.15) is 5.75 Å². The molecule has 2 nitrogen and oxygen atoms in total. The van der Waals surface area contributed by atoms with Crippen LogP contribution in [-0.4, -0.2) is 6.61 Å². The first kappa shape index (κ1) is 14.4. The van der Waals surface area contributed by atoms with Crippen LogP contribution in [0.25, 0.3) is 0 Å². The van der Waals surface area contributed by atoms with Gasteiger partial charge in [0.2, 0.25) is 0 Å². The molecule has 0 bridgehead atoms. The van der Waals surface area contributed by atoms with Crippen molar-refractivity contribution in [3.05, 3.63) is 59.7 Å². The summed E-state index contributed by atoms with van der Waals surface area (Å²) < 4.78 is 5.71. The Hall–Kier alpha value is -1.96. The number of ether oxygens (including phenoxy) is 1. The predicted octanol–water partition coefficient (Wildman–Crippen LogP) is 4.19. The van der Waals surface area contributed by atoms with E-state index in [0.29, 0.717) is 12.3 Å². The van der Waals surface area contributed by atoms with Gasteiger partial charge >= 0.3 is 0 Å². The maximum absolute atomic E-state index is 5.84. The topological polar surface area (TPSA) is 35.2 Å². The van der Waals surface area contributed by atoms with Gasteiger partial charge in [-0.3, -0.25) is 0 Å². The molecular formula is C18H23NO. The molecule has 0 heterocycles. The molecule has 0 aliphatic carbocycles. The highest BCUT2D eigenvalue weighted by molar-refractivity contribution is 5.51. The molecule has 0 radical (unpaired) electrons. The Morgan fingerprint density at radius 2 is 1.60 bits per heavy atom. The zero-order valence-corrected chi connectivity index (χ0v) is 12.5. The van der Waals surface area contributed by atoms with Gasteiger partial charge in [0, 0.05) is 6.42 Å². The van der Waals surface area contributed by atoms with Gasteiger partial charge in [-0.2, -0.15) is 0 Å². The molecule has 2 heteroatoms. The Balaban J connectivity index is 1.90. The molecule has 0 aromatic heterocycles. The quantitative estimate of drug-likeness (QED) is 0.845. The lowest BCUT2D eigenvalue weighted by atomic mass is 9.86. The molecule has 0 aliphatic heterocycles. The molecule has 0 spiro atoms. The summed E-state index contributed by atoms with van der Waals surface area (Å²) in [6.45, 7) is 7.32. The van der Waals surface area contributed by atoms with E-state index >= 15 is 0 Å². The monoisotopic (exact) mass is 269 g/mol. The summed E-state index contributed by atoms with van der Waals surface area (Å²) in [5, 5.41) is 0. The van der Waals surface area contributed by atoms with Crippen molar-refractivity contribution in [3.63, 3.8) is 0 Å². The molecule has 0 saturated heterocycles. The second-order valence-electron chi connectivity index (χ2n) is 6.08. The highest BCUT2D eigenvalue weighted by Crippen LogP contribution is 2.23. The van der Waals surface area contributed by atoms with Crippen molar-refractivity contribution in [2.24, 2.45) is 0 Å². The second kappa shape index (κ2) is 6.00. The van der Waals surface area contributed by atoms with Crippen LogP contribution in [0.2, 0.25) is 0 Å². The van der Waals surface area contributed by atoms with Crippen molar-refractivity contribution in [2.75, 3.05) is 12.3 Å². The van der Waals surface area contributed by atoms with E-state index < -0.39 is 0 Å². The first-order valence-electron chi connectivity index (χ1n) is 7.03. The van der Waals surface area contributed by atoms with E-state index in [-0.39, 0.29) is 5.41 Å². The molecule has 0 unspecified atom stereocenters. The average Bonchev–Trinajstić information content (AvgIpc) is 2.40. The highest BCUT2D eigenvalue weighted by Gasteiger charge is 2.12. The van der Waals surface area contributed by atoms with Gasteiger partial charge in [0.25, 0.3) is 0 Å². The van der Waals surface area contributed by atoms with Crippen LogP contribution < -0.4 is 10.5 Å². The Morgan fingerprint density at radius 1 is 0.950 bits per heavy atom. The van der Waals surface area contributed by atoms with E-state index in [2.05, 4.69) is 45.0 Å². The maximum atomic E-state index is 5.84. The van der Waals surface area contributed by atoms with Crippen molar-refractivity contribution in [3.8, 4) is 5.75 Å². The zero-order chi connectivity index (χ0) is 14.6. The number of nitrogen functional groups attached to an aromatic ring is 1. The molecule has 20 heavy (non-hydrogen) atoms. The van der Waals surface area contributed by atoms with Crippen molar-refractivity contribution >= 4 is 5.69 Å². The standard InChI is InChI=1S/C18H23NO/c1-18(2,3)15-10-8-14(9-11-15)12-13-20-17-7-5-4-6-16(17)19/h4-11H,12-13,19H2,1-3H3. The fourth-order valence-electron chi connectivity index (χ4n) is 2.06. The minimum atomic E-state index is 0.202. The Morgan fingerprint density at radius 3 is 2.20 bits per heavy atom. The van der Waals surface area contributed by atoms with Crippen molar-refractivity contribution in [1.82, 2.24) is 0 Å². The average molecular weight is 269 g/mol. The van der Waals surface area contributed by atoms with Gasteiger partial charge in [-0.05, 0) is 28.7 Å². The van der Waals surface area contributed by atoms with Gasteiger partial charge in [0.05, 0.1) is 12.3 Å². The number of nitrogens with two attached hydrogens (primary N) is 1. The molecular weight excluding hydrogens is 246 g/mol. The summed E-state index contributed by atoms with van der Waals surface area (Å²) in [5.74, 6) is 0.763. The lowest BCUT2D eigenvalue weighted by molar-refractivity contribution is 0.323. The Labute approximate surface area is 121 Å². The van der Waals surface area contributed by atoms with Crippen LogP contribution in [0.1, 0.15) is 31.9 Å². The van der Waals surface area contributed by atoms with Crippen LogP contribution >= 0.6 is 0 Å². The first-order chi connectivity index (χ1) is 9.47. The van der Waals surface area contributed by atoms with E-state index in [4.69, 9.17) is 10.5 Å². The van der Waals surface area contributed by atoms with Gasteiger partial charge in [-0.15, -0.1) is 0 Å². The van der Waals surface area contributed by atoms with E-state index in [1.165, 1.54) is 11.1 Å². The van der Waals surface area contributed by atoms with Gasteiger partial charge < -0.3 is 10.5 Å². The molecule has 2 N–H and O–H groups in total. The number of rotatable bonds is 4. The Bertz CT molecular complexity index is 552. The van der Waals surface area contributed by atoms with E-state index in [0.717, 1.165) is 12.2 Å². The van der Waals surface area contributed by atoms with Crippen LogP contribution in [0, 0.1) is 0 Å². The fraction of sp³-hybridized carbons (Fsp3) is 0.333. The summed E-state index contributed by atoms with van der Waals surface area (Å²) in [6, 6.07) is 16.4. The van der Waals surface area contributed by atoms with Crippen LogP contribution in [0.3, 0.4) is 0 Å². The number of hydrogen-bond donors (Lipinski definition) is 1. The lowest BCUT2D eigenvalue weighted by Gasteiger charge is -2.19. The van der Waals surface area contributed by atoms with E-state index in [1.807, 2.05) is 24.3 Å². The normalized spacial score (nSPS) is 11.3. The van der Waals surface area contributed by atoms with Gasteiger partial charge in [-0.25, -0.2) is 0 Å². The first-order valence-corrected chi connectivity index (χ1v) is 7.03. The molecule has 106 valence electrons. The summed E-state index contributed by atoms with van der Waals surface area (Å²) in [6.07, 6.45) is 0.888. The number of anilines is 1. The van der Waals surface area contributed by atoms with Crippen LogP contribution in [0.15, 0.2) is 48.5 Å². The lowest BCUT2D eigenvalue weighted by Crippen LogP contribution is -2.11. The Kier molecular flexibility index (Phi) is 4.33. The molecule has 0 aliphatic rings. The molecule has 0 fully saturated rings. The van der Waals surface area contributed by atoms with E-state index in [9.17, 15) is 0 Å². The van der Waals surface area contributed by atoms with Crippen LogP contribution in [0.5, 0.6) is 5.75 Å². The second-order valence-corrected chi connectivity index (χ2v) is 6.08. The maximum Gasteiger partial charge on any atom is 0.142 e.